The molecule has 0 radical (unpaired) electrons. The van der Waals surface area contributed by atoms with Gasteiger partial charge in [0.05, 0.1) is 5.60 Å². The average molecular weight is 280 g/mol. The van der Waals surface area contributed by atoms with Gasteiger partial charge < -0.3 is 9.47 Å². The number of rotatable bonds is 2. The van der Waals surface area contributed by atoms with Gasteiger partial charge in [-0.3, -0.25) is 0 Å². The van der Waals surface area contributed by atoms with Crippen molar-refractivity contribution in [1.29, 1.82) is 0 Å². The Morgan fingerprint density at radius 2 is 1.80 bits per heavy atom. The summed E-state index contributed by atoms with van der Waals surface area (Å²) in [5.74, 6) is 1.52. The highest BCUT2D eigenvalue weighted by Crippen LogP contribution is 2.65. The van der Waals surface area contributed by atoms with Gasteiger partial charge in [-0.25, -0.2) is 0 Å². The maximum Gasteiger partial charge on any atom is 0.158 e. The van der Waals surface area contributed by atoms with E-state index >= 15 is 0 Å². The Hall–Kier alpha value is -0.0800. The lowest BCUT2D eigenvalue weighted by Crippen LogP contribution is -2.55. The number of hydrogen-bond acceptors (Lipinski definition) is 2. The van der Waals surface area contributed by atoms with Gasteiger partial charge in [0.25, 0.3) is 0 Å². The first kappa shape index (κ1) is 14.8. The van der Waals surface area contributed by atoms with E-state index in [9.17, 15) is 0 Å². The van der Waals surface area contributed by atoms with Crippen molar-refractivity contribution in [2.75, 3.05) is 6.61 Å². The molecule has 1 saturated heterocycles. The van der Waals surface area contributed by atoms with Gasteiger partial charge in [-0.2, -0.15) is 0 Å². The number of ether oxygens (including phenoxy) is 2. The van der Waals surface area contributed by atoms with E-state index in [4.69, 9.17) is 9.47 Å². The van der Waals surface area contributed by atoms with Crippen LogP contribution in [-0.2, 0) is 9.47 Å². The Morgan fingerprint density at radius 1 is 1.05 bits per heavy atom. The van der Waals surface area contributed by atoms with Gasteiger partial charge in [0.15, 0.2) is 6.29 Å². The van der Waals surface area contributed by atoms with Crippen LogP contribution in [0.2, 0.25) is 0 Å². The zero-order chi connectivity index (χ0) is 14.6. The van der Waals surface area contributed by atoms with Crippen LogP contribution in [0.4, 0.5) is 0 Å². The minimum atomic E-state index is 0.0376. The predicted molar refractivity (Wildman–Crippen MR) is 81.5 cm³/mol. The summed E-state index contributed by atoms with van der Waals surface area (Å²) in [5, 5.41) is 0. The standard InChI is InChI=1S/C18H32O2/c1-6-19-15-12-14-17(4)10-7-9-16(2,3)13(17)8-11-18(14,5)20-15/h13-15H,6-12H2,1-5H3. The quantitative estimate of drug-likeness (QED) is 0.725. The lowest BCUT2D eigenvalue weighted by molar-refractivity contribution is -0.194. The third-order valence-corrected chi connectivity index (χ3v) is 6.92. The fourth-order valence-corrected chi connectivity index (χ4v) is 6.09. The topological polar surface area (TPSA) is 18.5 Å². The molecular weight excluding hydrogens is 248 g/mol. The smallest absolute Gasteiger partial charge is 0.158 e. The van der Waals surface area contributed by atoms with Crippen LogP contribution < -0.4 is 0 Å². The van der Waals surface area contributed by atoms with Gasteiger partial charge in [0.1, 0.15) is 0 Å². The lowest BCUT2D eigenvalue weighted by Gasteiger charge is -2.60. The molecular formula is C18H32O2. The highest BCUT2D eigenvalue weighted by atomic mass is 16.7. The summed E-state index contributed by atoms with van der Waals surface area (Å²) in [7, 11) is 0. The van der Waals surface area contributed by atoms with Crippen LogP contribution in [0, 0.1) is 22.7 Å². The van der Waals surface area contributed by atoms with Crippen molar-refractivity contribution in [3.05, 3.63) is 0 Å². The Labute approximate surface area is 124 Å². The molecule has 1 heterocycles. The molecule has 5 atom stereocenters. The van der Waals surface area contributed by atoms with Gasteiger partial charge in [0, 0.05) is 13.0 Å². The first-order valence-electron chi connectivity index (χ1n) is 8.61. The molecule has 3 rings (SSSR count). The van der Waals surface area contributed by atoms with Crippen molar-refractivity contribution >= 4 is 0 Å². The van der Waals surface area contributed by atoms with Crippen LogP contribution in [0.3, 0.4) is 0 Å². The molecule has 0 N–H and O–H groups in total. The summed E-state index contributed by atoms with van der Waals surface area (Å²) >= 11 is 0. The highest BCUT2D eigenvalue weighted by molar-refractivity contribution is 5.10. The minimum absolute atomic E-state index is 0.0376. The van der Waals surface area contributed by atoms with Crippen molar-refractivity contribution in [1.82, 2.24) is 0 Å². The van der Waals surface area contributed by atoms with Gasteiger partial charge >= 0.3 is 0 Å². The fraction of sp³-hybridized carbons (Fsp3) is 1.00. The van der Waals surface area contributed by atoms with Crippen molar-refractivity contribution in [3.8, 4) is 0 Å². The molecule has 5 unspecified atom stereocenters. The molecule has 2 heteroatoms. The summed E-state index contributed by atoms with van der Waals surface area (Å²) < 4.78 is 12.2. The molecule has 3 fully saturated rings. The fourth-order valence-electron chi connectivity index (χ4n) is 6.09. The maximum atomic E-state index is 6.35. The molecule has 3 aliphatic rings. The molecule has 0 aromatic carbocycles. The first-order chi connectivity index (χ1) is 9.32. The Morgan fingerprint density at radius 3 is 2.50 bits per heavy atom. The molecule has 0 aromatic heterocycles. The van der Waals surface area contributed by atoms with Crippen molar-refractivity contribution in [2.45, 2.75) is 85.0 Å². The molecule has 116 valence electrons. The van der Waals surface area contributed by atoms with Crippen LogP contribution >= 0.6 is 0 Å². The summed E-state index contributed by atoms with van der Waals surface area (Å²) in [6.07, 6.45) is 7.84. The second kappa shape index (κ2) is 4.71. The monoisotopic (exact) mass is 280 g/mol. The zero-order valence-corrected chi connectivity index (χ0v) is 14.0. The lowest BCUT2D eigenvalue weighted by atomic mass is 9.45. The summed E-state index contributed by atoms with van der Waals surface area (Å²) in [5.41, 5.74) is 0.997. The van der Waals surface area contributed by atoms with Gasteiger partial charge in [-0.1, -0.05) is 27.2 Å². The second-order valence-corrected chi connectivity index (χ2v) is 8.54. The molecule has 0 aromatic rings. The number of fused-ring (bicyclic) bond motifs is 3. The van der Waals surface area contributed by atoms with Crippen LogP contribution in [0.25, 0.3) is 0 Å². The second-order valence-electron chi connectivity index (χ2n) is 8.54. The molecule has 2 nitrogen and oxygen atoms in total. The summed E-state index contributed by atoms with van der Waals surface area (Å²) in [4.78, 5) is 0. The minimum Gasteiger partial charge on any atom is -0.353 e. The maximum absolute atomic E-state index is 6.35. The molecule has 2 saturated carbocycles. The normalized spacial score (nSPS) is 50.5. The van der Waals surface area contributed by atoms with E-state index in [0.717, 1.165) is 18.9 Å². The van der Waals surface area contributed by atoms with Crippen LogP contribution in [0.15, 0.2) is 0 Å². The van der Waals surface area contributed by atoms with Crippen molar-refractivity contribution < 1.29 is 9.47 Å². The van der Waals surface area contributed by atoms with E-state index in [0.29, 0.717) is 16.7 Å². The predicted octanol–water partition coefficient (Wildman–Crippen LogP) is 4.77. The molecule has 0 bridgehead atoms. The molecule has 0 amide bonds. The van der Waals surface area contributed by atoms with Crippen LogP contribution in [-0.4, -0.2) is 18.5 Å². The Bertz CT molecular complexity index is 378. The Kier molecular flexibility index (Phi) is 3.49. The van der Waals surface area contributed by atoms with Crippen molar-refractivity contribution in [2.24, 2.45) is 22.7 Å². The number of hydrogen-bond donors (Lipinski definition) is 0. The van der Waals surface area contributed by atoms with Crippen LogP contribution in [0.5, 0.6) is 0 Å². The van der Waals surface area contributed by atoms with Gasteiger partial charge in [-0.15, -0.1) is 0 Å². The van der Waals surface area contributed by atoms with E-state index in [1.54, 1.807) is 0 Å². The molecule has 2 aliphatic carbocycles. The largest absolute Gasteiger partial charge is 0.353 e. The first-order valence-corrected chi connectivity index (χ1v) is 8.61. The van der Waals surface area contributed by atoms with E-state index in [1.165, 1.54) is 32.1 Å². The van der Waals surface area contributed by atoms with E-state index in [2.05, 4.69) is 34.6 Å². The van der Waals surface area contributed by atoms with Gasteiger partial charge in [0.2, 0.25) is 0 Å². The Balaban J connectivity index is 1.89. The molecule has 20 heavy (non-hydrogen) atoms. The summed E-state index contributed by atoms with van der Waals surface area (Å²) in [6, 6.07) is 0. The van der Waals surface area contributed by atoms with E-state index < -0.39 is 0 Å². The van der Waals surface area contributed by atoms with Gasteiger partial charge in [-0.05, 0) is 62.2 Å². The highest BCUT2D eigenvalue weighted by Gasteiger charge is 2.62. The average Bonchev–Trinajstić information content (AvgIpc) is 2.66. The van der Waals surface area contributed by atoms with E-state index in [-0.39, 0.29) is 11.9 Å². The SMILES string of the molecule is CCOC1CC2C(C)(CCC3C(C)(C)CCCC32C)O1. The third-order valence-electron chi connectivity index (χ3n) is 6.92. The van der Waals surface area contributed by atoms with E-state index in [1.807, 2.05) is 0 Å². The molecule has 0 spiro atoms. The third kappa shape index (κ3) is 2.06. The zero-order valence-electron chi connectivity index (χ0n) is 14.0. The van der Waals surface area contributed by atoms with Crippen molar-refractivity contribution in [3.63, 3.8) is 0 Å². The van der Waals surface area contributed by atoms with Crippen LogP contribution in [0.1, 0.15) is 73.1 Å². The molecule has 1 aliphatic heterocycles. The summed E-state index contributed by atoms with van der Waals surface area (Å²) in [6.45, 7) is 12.7.